The molecule has 4 rings (SSSR count). The number of nitrogens with one attached hydrogen (secondary N) is 3. The first-order valence-corrected chi connectivity index (χ1v) is 14.9. The van der Waals surface area contributed by atoms with Gasteiger partial charge in [-0.15, -0.1) is 0 Å². The van der Waals surface area contributed by atoms with Crippen LogP contribution in [0.25, 0.3) is 11.0 Å². The fourth-order valence-corrected chi connectivity index (χ4v) is 5.80. The lowest BCUT2D eigenvalue weighted by Crippen LogP contribution is -2.53. The third-order valence-electron chi connectivity index (χ3n) is 8.01. The molecular weight excluding hydrogens is 522 g/mol. The molecule has 0 bridgehead atoms. The fourth-order valence-electron chi connectivity index (χ4n) is 5.80. The summed E-state index contributed by atoms with van der Waals surface area (Å²) in [4.78, 5) is 74.5. The van der Waals surface area contributed by atoms with E-state index in [2.05, 4.69) is 25.9 Å². The van der Waals surface area contributed by atoms with Crippen molar-refractivity contribution >= 4 is 40.3 Å². The molecule has 1 aliphatic carbocycles. The summed E-state index contributed by atoms with van der Waals surface area (Å²) in [5.74, 6) is -3.62. The number of carbonyl (C=O) groups excluding carboxylic acids is 5. The van der Waals surface area contributed by atoms with Crippen molar-refractivity contribution in [3.63, 3.8) is 0 Å². The van der Waals surface area contributed by atoms with Crippen LogP contribution in [0.4, 0.5) is 0 Å². The molecular formula is C31H41N5O5. The van der Waals surface area contributed by atoms with Gasteiger partial charge in [-0.05, 0) is 56.6 Å². The molecule has 220 valence electrons. The number of benzene rings is 1. The molecule has 10 heteroatoms. The van der Waals surface area contributed by atoms with E-state index in [1.807, 2.05) is 26.0 Å². The predicted molar refractivity (Wildman–Crippen MR) is 154 cm³/mol. The molecule has 1 saturated carbocycles. The number of amides is 3. The zero-order chi connectivity index (χ0) is 29.4. The summed E-state index contributed by atoms with van der Waals surface area (Å²) in [7, 11) is 0. The number of ketones is 2. The summed E-state index contributed by atoms with van der Waals surface area (Å²) in [6.45, 7) is 4.47. The molecule has 41 heavy (non-hydrogen) atoms. The largest absolute Gasteiger partial charge is 0.356 e. The lowest BCUT2D eigenvalue weighted by molar-refractivity contribution is -0.142. The number of para-hydroxylation sites is 2. The number of Topliss-reactive ketones (excluding diaryl/α,β-unsaturated/α-hetero) is 2. The smallest absolute Gasteiger partial charge is 0.289 e. The minimum absolute atomic E-state index is 0.0347. The summed E-state index contributed by atoms with van der Waals surface area (Å²) in [6.07, 6.45) is 7.80. The molecule has 3 atom stereocenters. The van der Waals surface area contributed by atoms with E-state index in [4.69, 9.17) is 0 Å². The Morgan fingerprint density at radius 2 is 1.73 bits per heavy atom. The van der Waals surface area contributed by atoms with Crippen molar-refractivity contribution in [1.82, 2.24) is 25.9 Å². The van der Waals surface area contributed by atoms with Gasteiger partial charge in [-0.3, -0.25) is 29.0 Å². The first-order chi connectivity index (χ1) is 19.7. The first-order valence-electron chi connectivity index (χ1n) is 14.9. The summed E-state index contributed by atoms with van der Waals surface area (Å²) < 4.78 is 0. The molecule has 3 amide bonds. The van der Waals surface area contributed by atoms with Crippen molar-refractivity contribution in [2.45, 2.75) is 90.1 Å². The van der Waals surface area contributed by atoms with Gasteiger partial charge in [0.15, 0.2) is 5.78 Å². The van der Waals surface area contributed by atoms with E-state index in [9.17, 15) is 24.0 Å². The highest BCUT2D eigenvalue weighted by Gasteiger charge is 2.36. The van der Waals surface area contributed by atoms with Gasteiger partial charge in [-0.1, -0.05) is 45.2 Å². The van der Waals surface area contributed by atoms with Gasteiger partial charge in [0.2, 0.25) is 17.6 Å². The van der Waals surface area contributed by atoms with Gasteiger partial charge in [0.1, 0.15) is 5.69 Å². The molecule has 0 unspecified atom stereocenters. The second-order valence-electron chi connectivity index (χ2n) is 11.8. The van der Waals surface area contributed by atoms with Crippen molar-refractivity contribution in [1.29, 1.82) is 0 Å². The maximum absolute atomic E-state index is 13.6. The van der Waals surface area contributed by atoms with Crippen LogP contribution < -0.4 is 16.0 Å². The van der Waals surface area contributed by atoms with Gasteiger partial charge in [0, 0.05) is 30.8 Å². The molecule has 2 aliphatic rings. The normalized spacial score (nSPS) is 19.3. The zero-order valence-corrected chi connectivity index (χ0v) is 24.0. The van der Waals surface area contributed by atoms with E-state index in [1.165, 1.54) is 6.20 Å². The lowest BCUT2D eigenvalue weighted by Gasteiger charge is -2.28. The molecule has 2 heterocycles. The highest BCUT2D eigenvalue weighted by atomic mass is 16.2. The van der Waals surface area contributed by atoms with Crippen LogP contribution in [0.2, 0.25) is 0 Å². The average Bonchev–Trinajstić information content (AvgIpc) is 2.97. The summed E-state index contributed by atoms with van der Waals surface area (Å²) in [6, 6.07) is 6.00. The second-order valence-corrected chi connectivity index (χ2v) is 11.8. The fraction of sp³-hybridized carbons (Fsp3) is 0.581. The van der Waals surface area contributed by atoms with E-state index in [0.29, 0.717) is 30.4 Å². The van der Waals surface area contributed by atoms with Crippen molar-refractivity contribution < 1.29 is 24.0 Å². The van der Waals surface area contributed by atoms with Crippen molar-refractivity contribution in [3.8, 4) is 0 Å². The Labute approximate surface area is 240 Å². The first kappa shape index (κ1) is 30.3. The van der Waals surface area contributed by atoms with Gasteiger partial charge in [-0.2, -0.15) is 0 Å². The van der Waals surface area contributed by atoms with E-state index in [-0.39, 0.29) is 42.2 Å². The van der Waals surface area contributed by atoms with Gasteiger partial charge < -0.3 is 16.0 Å². The Bertz CT molecular complexity index is 1270. The van der Waals surface area contributed by atoms with Crippen molar-refractivity contribution in [2.24, 2.45) is 17.8 Å². The van der Waals surface area contributed by atoms with Crippen molar-refractivity contribution in [3.05, 3.63) is 36.2 Å². The number of aromatic nitrogens is 2. The molecule has 3 N–H and O–H groups in total. The number of fused-ring (bicyclic) bond motifs is 1. The third kappa shape index (κ3) is 8.41. The van der Waals surface area contributed by atoms with Crippen LogP contribution in [0, 0.1) is 17.8 Å². The highest BCUT2D eigenvalue weighted by molar-refractivity contribution is 6.38. The molecule has 0 spiro atoms. The molecule has 1 saturated heterocycles. The topological polar surface area (TPSA) is 147 Å². The number of rotatable bonds is 12. The van der Waals surface area contributed by atoms with Gasteiger partial charge in [-0.25, -0.2) is 4.98 Å². The molecule has 2 fully saturated rings. The number of hydrogen-bond donors (Lipinski definition) is 3. The van der Waals surface area contributed by atoms with Crippen LogP contribution in [-0.2, 0) is 19.2 Å². The minimum atomic E-state index is -1.16. The molecule has 1 aliphatic heterocycles. The Morgan fingerprint density at radius 1 is 1.00 bits per heavy atom. The summed E-state index contributed by atoms with van der Waals surface area (Å²) in [5, 5.41) is 8.43. The number of hydrogen-bond acceptors (Lipinski definition) is 7. The monoisotopic (exact) mass is 563 g/mol. The Hall–Kier alpha value is -3.69. The maximum atomic E-state index is 13.6. The van der Waals surface area contributed by atoms with Crippen LogP contribution in [0.5, 0.6) is 0 Å². The zero-order valence-electron chi connectivity index (χ0n) is 24.0. The highest BCUT2D eigenvalue weighted by Crippen LogP contribution is 2.23. The van der Waals surface area contributed by atoms with Gasteiger partial charge in [0.25, 0.3) is 5.91 Å². The molecule has 10 nitrogen and oxygen atoms in total. The number of carbonyl (C=O) groups is 5. The molecule has 2 aromatic rings. The van der Waals surface area contributed by atoms with Gasteiger partial charge in [0.05, 0.1) is 23.3 Å². The Kier molecular flexibility index (Phi) is 10.5. The SMILES string of the molecule is CC(C)C[C@H](CC(=O)c1cnc2ccccc2n1)C(=O)N[C@@H](C[C@@H]1CCCNC1=O)C(=O)C(=O)NC1CCCCC1. The molecule has 1 aromatic heterocycles. The summed E-state index contributed by atoms with van der Waals surface area (Å²) in [5.41, 5.74) is 1.42. The van der Waals surface area contributed by atoms with E-state index in [0.717, 1.165) is 38.5 Å². The maximum Gasteiger partial charge on any atom is 0.289 e. The Morgan fingerprint density at radius 3 is 2.44 bits per heavy atom. The number of piperidine rings is 1. The second kappa shape index (κ2) is 14.3. The predicted octanol–water partition coefficient (Wildman–Crippen LogP) is 3.28. The summed E-state index contributed by atoms with van der Waals surface area (Å²) >= 11 is 0. The quantitative estimate of drug-likeness (QED) is 0.265. The molecule has 0 radical (unpaired) electrons. The van der Waals surface area contributed by atoms with Crippen LogP contribution in [0.15, 0.2) is 30.5 Å². The standard InChI is InChI=1S/C31H41N5O5/c1-19(2)15-21(17-27(37)26-18-33-23-12-6-7-13-24(23)35-26)30(40)36-25(16-20-9-8-14-32-29(20)39)28(38)31(41)34-22-10-4-3-5-11-22/h6-7,12-13,18-22,25H,3-5,8-11,14-17H2,1-2H3,(H,32,39)(H,34,41)(H,36,40)/t20-,21+,25-/m0/s1. The van der Waals surface area contributed by atoms with E-state index < -0.39 is 35.5 Å². The van der Waals surface area contributed by atoms with Crippen LogP contribution in [0.3, 0.4) is 0 Å². The molecule has 1 aromatic carbocycles. The third-order valence-corrected chi connectivity index (χ3v) is 8.01. The van der Waals surface area contributed by atoms with Gasteiger partial charge >= 0.3 is 0 Å². The van der Waals surface area contributed by atoms with Crippen LogP contribution in [0.1, 0.15) is 88.5 Å². The number of nitrogens with zero attached hydrogens (tertiary/aromatic N) is 2. The Balaban J connectivity index is 1.49. The minimum Gasteiger partial charge on any atom is -0.356 e. The average molecular weight is 564 g/mol. The van der Waals surface area contributed by atoms with Crippen molar-refractivity contribution in [2.75, 3.05) is 6.54 Å². The van der Waals surface area contributed by atoms with E-state index in [1.54, 1.807) is 12.1 Å². The van der Waals surface area contributed by atoms with E-state index >= 15 is 0 Å². The van der Waals surface area contributed by atoms with Crippen LogP contribution in [-0.4, -0.2) is 57.9 Å². The lowest BCUT2D eigenvalue weighted by atomic mass is 9.87. The van der Waals surface area contributed by atoms with Crippen LogP contribution >= 0.6 is 0 Å².